The summed E-state index contributed by atoms with van der Waals surface area (Å²) in [6, 6.07) is 12.3. The van der Waals surface area contributed by atoms with E-state index < -0.39 is 16.1 Å². The summed E-state index contributed by atoms with van der Waals surface area (Å²) in [6.07, 6.45) is -0.649. The van der Waals surface area contributed by atoms with E-state index in [1.807, 2.05) is 25.1 Å². The zero-order chi connectivity index (χ0) is 24.7. The number of rotatable bonds is 10. The van der Waals surface area contributed by atoms with Crippen LogP contribution in [0.5, 0.6) is 11.5 Å². The van der Waals surface area contributed by atoms with Crippen molar-refractivity contribution < 1.29 is 27.4 Å². The molecule has 186 valence electrons. The lowest BCUT2D eigenvalue weighted by Crippen LogP contribution is -2.40. The van der Waals surface area contributed by atoms with Crippen LogP contribution in [-0.4, -0.2) is 64.2 Å². The molecule has 34 heavy (non-hydrogen) atoms. The SMILES string of the molecule is Cc1ccc(C(C)C)c(OC(C)C(=O)NCCOc2ccc(S(=O)(=O)N3CCOCC3)cc2)c1. The number of benzene rings is 2. The van der Waals surface area contributed by atoms with Gasteiger partial charge in [-0.15, -0.1) is 0 Å². The summed E-state index contributed by atoms with van der Waals surface area (Å²) in [7, 11) is -3.54. The van der Waals surface area contributed by atoms with Crippen molar-refractivity contribution in [2.45, 2.75) is 44.6 Å². The van der Waals surface area contributed by atoms with Gasteiger partial charge in [0.15, 0.2) is 6.10 Å². The van der Waals surface area contributed by atoms with Gasteiger partial charge in [0.05, 0.1) is 24.7 Å². The van der Waals surface area contributed by atoms with Crippen LogP contribution >= 0.6 is 0 Å². The molecule has 2 aromatic carbocycles. The van der Waals surface area contributed by atoms with Gasteiger partial charge in [0, 0.05) is 13.1 Å². The summed E-state index contributed by atoms with van der Waals surface area (Å²) in [6.45, 7) is 9.94. The van der Waals surface area contributed by atoms with Gasteiger partial charge < -0.3 is 19.5 Å². The Morgan fingerprint density at radius 2 is 1.76 bits per heavy atom. The van der Waals surface area contributed by atoms with Gasteiger partial charge in [-0.25, -0.2) is 8.42 Å². The van der Waals surface area contributed by atoms with Crippen LogP contribution < -0.4 is 14.8 Å². The molecule has 0 spiro atoms. The highest BCUT2D eigenvalue weighted by molar-refractivity contribution is 7.89. The molecule has 0 bridgehead atoms. The van der Waals surface area contributed by atoms with Crippen LogP contribution in [0.25, 0.3) is 0 Å². The number of carbonyl (C=O) groups is 1. The molecule has 1 fully saturated rings. The molecule has 2 aromatic rings. The van der Waals surface area contributed by atoms with E-state index in [2.05, 4.69) is 19.2 Å². The van der Waals surface area contributed by atoms with E-state index >= 15 is 0 Å². The number of sulfonamides is 1. The Hall–Kier alpha value is -2.62. The average Bonchev–Trinajstić information content (AvgIpc) is 2.82. The monoisotopic (exact) mass is 490 g/mol. The molecule has 3 rings (SSSR count). The zero-order valence-electron chi connectivity index (χ0n) is 20.2. The minimum absolute atomic E-state index is 0.220. The van der Waals surface area contributed by atoms with Gasteiger partial charge in [0.2, 0.25) is 10.0 Å². The first-order chi connectivity index (χ1) is 16.2. The van der Waals surface area contributed by atoms with E-state index in [0.29, 0.717) is 38.6 Å². The fraction of sp³-hybridized carbons (Fsp3) is 0.480. The van der Waals surface area contributed by atoms with Crippen LogP contribution in [-0.2, 0) is 19.6 Å². The molecule has 0 aromatic heterocycles. The van der Waals surface area contributed by atoms with Crippen molar-refractivity contribution in [3.8, 4) is 11.5 Å². The molecule has 1 atom stereocenters. The van der Waals surface area contributed by atoms with Crippen molar-refractivity contribution in [2.24, 2.45) is 0 Å². The van der Waals surface area contributed by atoms with E-state index in [4.69, 9.17) is 14.2 Å². The third kappa shape index (κ3) is 6.71. The predicted molar refractivity (Wildman–Crippen MR) is 130 cm³/mol. The number of ether oxygens (including phenoxy) is 3. The van der Waals surface area contributed by atoms with Crippen LogP contribution in [0.1, 0.15) is 37.8 Å². The molecule has 1 unspecified atom stereocenters. The van der Waals surface area contributed by atoms with Crippen LogP contribution in [0.4, 0.5) is 0 Å². The second-order valence-corrected chi connectivity index (χ2v) is 10.5. The van der Waals surface area contributed by atoms with Gasteiger partial charge in [-0.2, -0.15) is 4.31 Å². The lowest BCUT2D eigenvalue weighted by molar-refractivity contribution is -0.127. The molecule has 1 aliphatic heterocycles. The van der Waals surface area contributed by atoms with E-state index in [1.165, 1.54) is 16.4 Å². The smallest absolute Gasteiger partial charge is 0.260 e. The van der Waals surface area contributed by atoms with Gasteiger partial charge in [0.25, 0.3) is 5.91 Å². The van der Waals surface area contributed by atoms with Crippen LogP contribution in [0.15, 0.2) is 47.4 Å². The van der Waals surface area contributed by atoms with Crippen molar-refractivity contribution in [3.05, 3.63) is 53.6 Å². The number of nitrogens with one attached hydrogen (secondary N) is 1. The maximum Gasteiger partial charge on any atom is 0.260 e. The van der Waals surface area contributed by atoms with Crippen molar-refractivity contribution in [1.82, 2.24) is 9.62 Å². The number of nitrogens with zero attached hydrogens (tertiary/aromatic N) is 1. The first kappa shape index (κ1) is 26.0. The molecule has 0 aliphatic carbocycles. The maximum atomic E-state index is 12.7. The lowest BCUT2D eigenvalue weighted by atomic mass is 10.0. The van der Waals surface area contributed by atoms with Crippen molar-refractivity contribution in [2.75, 3.05) is 39.5 Å². The largest absolute Gasteiger partial charge is 0.492 e. The van der Waals surface area contributed by atoms with E-state index in [9.17, 15) is 13.2 Å². The number of aryl methyl sites for hydroxylation is 1. The molecule has 1 amide bonds. The maximum absolute atomic E-state index is 12.7. The molecular formula is C25H34N2O6S. The number of hydrogen-bond donors (Lipinski definition) is 1. The second-order valence-electron chi connectivity index (χ2n) is 8.58. The molecular weight excluding hydrogens is 456 g/mol. The fourth-order valence-corrected chi connectivity index (χ4v) is 5.00. The van der Waals surface area contributed by atoms with Crippen molar-refractivity contribution >= 4 is 15.9 Å². The Balaban J connectivity index is 1.46. The topological polar surface area (TPSA) is 94.2 Å². The molecule has 0 saturated carbocycles. The number of hydrogen-bond acceptors (Lipinski definition) is 6. The summed E-state index contributed by atoms with van der Waals surface area (Å²) in [4.78, 5) is 12.7. The highest BCUT2D eigenvalue weighted by atomic mass is 32.2. The van der Waals surface area contributed by atoms with E-state index in [1.54, 1.807) is 19.1 Å². The number of amides is 1. The van der Waals surface area contributed by atoms with Gasteiger partial charge >= 0.3 is 0 Å². The Labute approximate surface area is 202 Å². The van der Waals surface area contributed by atoms with Gasteiger partial charge in [0.1, 0.15) is 18.1 Å². The molecule has 1 aliphatic rings. The molecule has 0 radical (unpaired) electrons. The number of morpholine rings is 1. The molecule has 1 saturated heterocycles. The van der Waals surface area contributed by atoms with Gasteiger partial charge in [-0.3, -0.25) is 4.79 Å². The first-order valence-corrected chi connectivity index (χ1v) is 13.0. The van der Waals surface area contributed by atoms with E-state index in [0.717, 1.165) is 16.9 Å². The summed E-state index contributed by atoms with van der Waals surface area (Å²) in [5.41, 5.74) is 2.14. The summed E-state index contributed by atoms with van der Waals surface area (Å²) in [5.74, 6) is 1.31. The Morgan fingerprint density at radius 1 is 1.09 bits per heavy atom. The van der Waals surface area contributed by atoms with Gasteiger partial charge in [-0.05, 0) is 61.2 Å². The van der Waals surface area contributed by atoms with Crippen molar-refractivity contribution in [1.29, 1.82) is 0 Å². The first-order valence-electron chi connectivity index (χ1n) is 11.5. The molecule has 1 N–H and O–H groups in total. The van der Waals surface area contributed by atoms with Crippen molar-refractivity contribution in [3.63, 3.8) is 0 Å². The zero-order valence-corrected chi connectivity index (χ0v) is 21.1. The molecule has 9 heteroatoms. The summed E-state index contributed by atoms with van der Waals surface area (Å²) < 4.78 is 43.6. The third-order valence-corrected chi connectivity index (χ3v) is 7.48. The Kier molecular flexibility index (Phi) is 8.93. The second kappa shape index (κ2) is 11.7. The summed E-state index contributed by atoms with van der Waals surface area (Å²) in [5, 5.41) is 2.81. The Morgan fingerprint density at radius 3 is 2.41 bits per heavy atom. The highest BCUT2D eigenvalue weighted by Crippen LogP contribution is 2.28. The summed E-state index contributed by atoms with van der Waals surface area (Å²) >= 11 is 0. The predicted octanol–water partition coefficient (Wildman–Crippen LogP) is 3.10. The Bertz CT molecular complexity index is 1060. The van der Waals surface area contributed by atoms with Crippen LogP contribution in [0, 0.1) is 6.92 Å². The van der Waals surface area contributed by atoms with Gasteiger partial charge in [-0.1, -0.05) is 26.0 Å². The normalized spacial score (nSPS) is 15.7. The highest BCUT2D eigenvalue weighted by Gasteiger charge is 2.26. The fourth-order valence-electron chi connectivity index (χ4n) is 3.60. The molecule has 8 nitrogen and oxygen atoms in total. The standard InChI is InChI=1S/C25H34N2O6S/c1-18(2)23-10-5-19(3)17-24(23)33-20(4)25(28)26-11-14-32-21-6-8-22(9-7-21)34(29,30)27-12-15-31-16-13-27/h5-10,17-18,20H,11-16H2,1-4H3,(H,26,28). The lowest BCUT2D eigenvalue weighted by Gasteiger charge is -2.26. The minimum Gasteiger partial charge on any atom is -0.492 e. The quantitative estimate of drug-likeness (QED) is 0.515. The third-order valence-electron chi connectivity index (χ3n) is 5.57. The molecule has 1 heterocycles. The van der Waals surface area contributed by atoms with Crippen LogP contribution in [0.2, 0.25) is 0 Å². The average molecular weight is 491 g/mol. The minimum atomic E-state index is -3.54. The number of carbonyl (C=O) groups excluding carboxylic acids is 1. The van der Waals surface area contributed by atoms with E-state index in [-0.39, 0.29) is 23.3 Å². The van der Waals surface area contributed by atoms with Crippen LogP contribution in [0.3, 0.4) is 0 Å².